The second-order valence-electron chi connectivity index (χ2n) is 7.68. The molecule has 2 aliphatic rings. The third-order valence-electron chi connectivity index (χ3n) is 6.48. The van der Waals surface area contributed by atoms with Gasteiger partial charge < -0.3 is 24.4 Å². The molecule has 0 aromatic heterocycles. The van der Waals surface area contributed by atoms with Gasteiger partial charge in [-0.1, -0.05) is 34.6 Å². The molecule has 0 aromatic rings. The van der Waals surface area contributed by atoms with Gasteiger partial charge in [-0.25, -0.2) is 0 Å². The summed E-state index contributed by atoms with van der Waals surface area (Å²) in [6, 6.07) is 0. The van der Waals surface area contributed by atoms with Crippen LogP contribution >= 0.6 is 0 Å². The molecule has 5 unspecified atom stereocenters. The number of aliphatic hydroxyl groups is 2. The molecule has 136 valence electrons. The molecule has 2 fully saturated rings. The Morgan fingerprint density at radius 1 is 0.696 bits per heavy atom. The zero-order valence-corrected chi connectivity index (χ0v) is 15.3. The molecule has 0 radical (unpaired) electrons. The molecule has 23 heavy (non-hydrogen) atoms. The lowest BCUT2D eigenvalue weighted by molar-refractivity contribution is -0.304. The zero-order chi connectivity index (χ0) is 17.3. The molecule has 0 saturated carbocycles. The van der Waals surface area contributed by atoms with Gasteiger partial charge in [-0.15, -0.1) is 0 Å². The first-order valence-electron chi connectivity index (χ1n) is 8.99. The van der Waals surface area contributed by atoms with Crippen LogP contribution in [0.1, 0.15) is 41.5 Å². The molecule has 2 heterocycles. The molecule has 0 spiro atoms. The van der Waals surface area contributed by atoms with Gasteiger partial charge in [0, 0.05) is 5.92 Å². The number of ether oxygens (including phenoxy) is 3. The molecular formula is C18H34O5. The molecule has 0 aliphatic carbocycles. The Bertz CT molecular complexity index is 372. The lowest BCUT2D eigenvalue weighted by Gasteiger charge is -2.48. The average Bonchev–Trinajstić information content (AvgIpc) is 2.55. The number of aliphatic hydroxyl groups excluding tert-OH is 2. The normalized spacial score (nSPS) is 51.7. The summed E-state index contributed by atoms with van der Waals surface area (Å²) < 4.78 is 18.3. The van der Waals surface area contributed by atoms with Crippen molar-refractivity contribution >= 4 is 0 Å². The maximum atomic E-state index is 9.69. The van der Waals surface area contributed by atoms with Crippen molar-refractivity contribution in [2.24, 2.45) is 29.6 Å². The maximum Gasteiger partial charge on any atom is 0.161 e. The smallest absolute Gasteiger partial charge is 0.161 e. The minimum Gasteiger partial charge on any atom is -0.394 e. The summed E-state index contributed by atoms with van der Waals surface area (Å²) in [4.78, 5) is 0. The second kappa shape index (κ2) is 7.79. The van der Waals surface area contributed by atoms with Crippen LogP contribution in [-0.2, 0) is 14.2 Å². The van der Waals surface area contributed by atoms with Crippen LogP contribution in [-0.4, -0.2) is 54.1 Å². The van der Waals surface area contributed by atoms with E-state index in [2.05, 4.69) is 34.6 Å². The maximum absolute atomic E-state index is 9.69. The minimum atomic E-state index is -0.371. The Morgan fingerprint density at radius 3 is 1.87 bits per heavy atom. The number of hydrogen-bond donors (Lipinski definition) is 2. The fourth-order valence-electron chi connectivity index (χ4n) is 3.91. The summed E-state index contributed by atoms with van der Waals surface area (Å²) in [7, 11) is 0. The molecule has 0 aromatic carbocycles. The quantitative estimate of drug-likeness (QED) is 0.826. The molecule has 10 atom stereocenters. The molecule has 2 N–H and O–H groups in total. The van der Waals surface area contributed by atoms with Gasteiger partial charge in [-0.3, -0.25) is 0 Å². The number of rotatable bonds is 4. The van der Waals surface area contributed by atoms with Crippen molar-refractivity contribution in [3.8, 4) is 0 Å². The first-order chi connectivity index (χ1) is 10.8. The van der Waals surface area contributed by atoms with Crippen LogP contribution in [0.4, 0.5) is 0 Å². The van der Waals surface area contributed by atoms with Gasteiger partial charge in [-0.05, 0) is 30.6 Å². The zero-order valence-electron chi connectivity index (χ0n) is 15.3. The lowest BCUT2D eigenvalue weighted by Crippen LogP contribution is -2.55. The average molecular weight is 330 g/mol. The topological polar surface area (TPSA) is 68.2 Å². The van der Waals surface area contributed by atoms with Crippen LogP contribution < -0.4 is 0 Å². The molecule has 0 bridgehead atoms. The van der Waals surface area contributed by atoms with Crippen molar-refractivity contribution in [1.82, 2.24) is 0 Å². The summed E-state index contributed by atoms with van der Waals surface area (Å²) in [5.74, 6) is 1.55. The highest BCUT2D eigenvalue weighted by molar-refractivity contribution is 4.89. The van der Waals surface area contributed by atoms with Crippen LogP contribution in [0.5, 0.6) is 0 Å². The van der Waals surface area contributed by atoms with Crippen molar-refractivity contribution in [1.29, 1.82) is 0 Å². The molecule has 0 amide bonds. The van der Waals surface area contributed by atoms with E-state index in [1.807, 2.05) is 6.92 Å². The van der Waals surface area contributed by atoms with E-state index in [0.29, 0.717) is 17.8 Å². The lowest BCUT2D eigenvalue weighted by atomic mass is 9.78. The summed E-state index contributed by atoms with van der Waals surface area (Å²) >= 11 is 0. The Morgan fingerprint density at radius 2 is 1.30 bits per heavy atom. The molecule has 2 rings (SSSR count). The van der Waals surface area contributed by atoms with Crippen molar-refractivity contribution < 1.29 is 24.4 Å². The first kappa shape index (κ1) is 19.1. The van der Waals surface area contributed by atoms with Crippen molar-refractivity contribution in [3.63, 3.8) is 0 Å². The van der Waals surface area contributed by atoms with E-state index in [0.717, 1.165) is 0 Å². The summed E-state index contributed by atoms with van der Waals surface area (Å²) in [6.45, 7) is 12.7. The van der Waals surface area contributed by atoms with Gasteiger partial charge in [0.05, 0.1) is 31.5 Å². The Kier molecular flexibility index (Phi) is 6.48. The SMILES string of the molecule is CC1OC(CO)[C@H](O[C@@H]2OC(CO)[C@H](C)[C@H](C)C2C)[C@H](C)C1C. The minimum absolute atomic E-state index is 0.00563. The van der Waals surface area contributed by atoms with Crippen LogP contribution in [0.2, 0.25) is 0 Å². The predicted octanol–water partition coefficient (Wildman–Crippen LogP) is 2.05. The molecule has 2 saturated heterocycles. The third-order valence-corrected chi connectivity index (χ3v) is 6.48. The van der Waals surface area contributed by atoms with Gasteiger partial charge in [0.15, 0.2) is 6.29 Å². The highest BCUT2D eigenvalue weighted by Gasteiger charge is 2.45. The molecule has 5 heteroatoms. The van der Waals surface area contributed by atoms with E-state index in [1.165, 1.54) is 0 Å². The van der Waals surface area contributed by atoms with Gasteiger partial charge in [0.2, 0.25) is 0 Å². The highest BCUT2D eigenvalue weighted by atomic mass is 16.7. The standard InChI is InChI=1S/C18H34O5/c1-9-11(3)15(7-19)22-18(13(9)5)23-17-12(4)10(2)14(6)21-16(17)8-20/h9-20H,7-8H2,1-6H3/t9-,10?,11+,12+,13?,14?,15?,16?,17+,18-/m0/s1. The van der Waals surface area contributed by atoms with E-state index < -0.39 is 0 Å². The Hall–Kier alpha value is -0.200. The highest BCUT2D eigenvalue weighted by Crippen LogP contribution is 2.39. The first-order valence-corrected chi connectivity index (χ1v) is 8.99. The van der Waals surface area contributed by atoms with Crippen LogP contribution in [0, 0.1) is 29.6 Å². The Balaban J connectivity index is 2.11. The predicted molar refractivity (Wildman–Crippen MR) is 87.9 cm³/mol. The van der Waals surface area contributed by atoms with Gasteiger partial charge in [-0.2, -0.15) is 0 Å². The summed E-state index contributed by atoms with van der Waals surface area (Å²) in [5, 5.41) is 19.3. The third kappa shape index (κ3) is 3.74. The van der Waals surface area contributed by atoms with Gasteiger partial charge in [0.25, 0.3) is 0 Å². The van der Waals surface area contributed by atoms with E-state index in [-0.39, 0.29) is 55.8 Å². The fraction of sp³-hybridized carbons (Fsp3) is 1.00. The van der Waals surface area contributed by atoms with Crippen molar-refractivity contribution in [2.45, 2.75) is 72.2 Å². The van der Waals surface area contributed by atoms with Gasteiger partial charge in [0.1, 0.15) is 6.10 Å². The van der Waals surface area contributed by atoms with Crippen molar-refractivity contribution in [3.05, 3.63) is 0 Å². The molecule has 2 aliphatic heterocycles. The van der Waals surface area contributed by atoms with E-state index >= 15 is 0 Å². The summed E-state index contributed by atoms with van der Waals surface area (Å²) in [5.41, 5.74) is 0. The monoisotopic (exact) mass is 330 g/mol. The molecular weight excluding hydrogens is 296 g/mol. The van der Waals surface area contributed by atoms with Crippen LogP contribution in [0.25, 0.3) is 0 Å². The van der Waals surface area contributed by atoms with Crippen LogP contribution in [0.15, 0.2) is 0 Å². The fourth-order valence-corrected chi connectivity index (χ4v) is 3.91. The molecule has 5 nitrogen and oxygen atoms in total. The van der Waals surface area contributed by atoms with Crippen LogP contribution in [0.3, 0.4) is 0 Å². The van der Waals surface area contributed by atoms with Crippen molar-refractivity contribution in [2.75, 3.05) is 13.2 Å². The second-order valence-corrected chi connectivity index (χ2v) is 7.68. The largest absolute Gasteiger partial charge is 0.394 e. The number of hydrogen-bond acceptors (Lipinski definition) is 5. The van der Waals surface area contributed by atoms with E-state index in [9.17, 15) is 10.2 Å². The summed E-state index contributed by atoms with van der Waals surface area (Å²) in [6.07, 6.45) is -0.984. The van der Waals surface area contributed by atoms with E-state index in [4.69, 9.17) is 14.2 Å². The van der Waals surface area contributed by atoms with E-state index in [1.54, 1.807) is 0 Å². The Labute approximate surface area is 140 Å². The van der Waals surface area contributed by atoms with Gasteiger partial charge >= 0.3 is 0 Å².